The van der Waals surface area contributed by atoms with Gasteiger partial charge >= 0.3 is 0 Å². The van der Waals surface area contributed by atoms with E-state index in [1.165, 1.54) is 24.1 Å². The highest BCUT2D eigenvalue weighted by atomic mass is 35.5. The molecule has 2 N–H and O–H groups in total. The Morgan fingerprint density at radius 1 is 1.43 bits per heavy atom. The lowest BCUT2D eigenvalue weighted by molar-refractivity contribution is 0.279. The lowest BCUT2D eigenvalue weighted by Crippen LogP contribution is -2.29. The van der Waals surface area contributed by atoms with Crippen LogP contribution in [0.25, 0.3) is 0 Å². The summed E-state index contributed by atoms with van der Waals surface area (Å²) >= 11 is 6.43. The number of rotatable bonds is 8. The molecule has 0 bridgehead atoms. The Morgan fingerprint density at radius 2 is 2.29 bits per heavy atom. The largest absolute Gasteiger partial charge is 0.396 e. The quantitative estimate of drug-likeness (QED) is 0.720. The van der Waals surface area contributed by atoms with E-state index in [9.17, 15) is 0 Å². The predicted molar refractivity (Wildman–Crippen MR) is 90.1 cm³/mol. The van der Waals surface area contributed by atoms with Gasteiger partial charge in [0.2, 0.25) is 0 Å². The molecular formula is C17H27ClN2O. The Kier molecular flexibility index (Phi) is 6.81. The van der Waals surface area contributed by atoms with Gasteiger partial charge in [0.1, 0.15) is 0 Å². The molecule has 1 aliphatic rings. The van der Waals surface area contributed by atoms with Crippen molar-refractivity contribution in [2.75, 3.05) is 24.6 Å². The van der Waals surface area contributed by atoms with Crippen LogP contribution in [0.2, 0.25) is 5.02 Å². The average molecular weight is 311 g/mol. The molecule has 1 aliphatic heterocycles. The molecule has 0 radical (unpaired) electrons. The molecule has 0 aliphatic carbocycles. The number of anilines is 1. The monoisotopic (exact) mass is 310 g/mol. The summed E-state index contributed by atoms with van der Waals surface area (Å²) in [5.74, 6) is 0. The molecule has 0 spiro atoms. The summed E-state index contributed by atoms with van der Waals surface area (Å²) in [5.41, 5.74) is 2.39. The van der Waals surface area contributed by atoms with Crippen LogP contribution < -0.4 is 10.2 Å². The fraction of sp³-hybridized carbons (Fsp3) is 0.647. The van der Waals surface area contributed by atoms with E-state index in [0.717, 1.165) is 43.9 Å². The van der Waals surface area contributed by atoms with Gasteiger partial charge < -0.3 is 15.3 Å². The van der Waals surface area contributed by atoms with Gasteiger partial charge in [-0.15, -0.1) is 0 Å². The predicted octanol–water partition coefficient (Wildman–Crippen LogP) is 3.58. The zero-order valence-corrected chi connectivity index (χ0v) is 13.7. The Balaban J connectivity index is 2.01. The first-order valence-corrected chi connectivity index (χ1v) is 8.50. The minimum atomic E-state index is 0.285. The highest BCUT2D eigenvalue weighted by Gasteiger charge is 2.24. The Bertz CT molecular complexity index is 439. The van der Waals surface area contributed by atoms with Crippen molar-refractivity contribution in [2.24, 2.45) is 0 Å². The number of aliphatic hydroxyl groups excluding tert-OH is 1. The molecule has 1 saturated heterocycles. The van der Waals surface area contributed by atoms with E-state index in [1.54, 1.807) is 0 Å². The Labute approximate surface area is 133 Å². The van der Waals surface area contributed by atoms with Gasteiger partial charge in [0, 0.05) is 36.4 Å². The van der Waals surface area contributed by atoms with E-state index in [-0.39, 0.29) is 6.61 Å². The minimum absolute atomic E-state index is 0.285. The molecule has 1 fully saturated rings. The van der Waals surface area contributed by atoms with Gasteiger partial charge in [0.05, 0.1) is 0 Å². The van der Waals surface area contributed by atoms with E-state index >= 15 is 0 Å². The van der Waals surface area contributed by atoms with Crippen molar-refractivity contribution in [1.29, 1.82) is 0 Å². The third-order valence-corrected chi connectivity index (χ3v) is 4.53. The summed E-state index contributed by atoms with van der Waals surface area (Å²) in [7, 11) is 0. The van der Waals surface area contributed by atoms with Crippen molar-refractivity contribution in [2.45, 2.75) is 51.6 Å². The van der Waals surface area contributed by atoms with Crippen LogP contribution >= 0.6 is 11.6 Å². The van der Waals surface area contributed by atoms with Gasteiger partial charge in [-0.05, 0) is 56.3 Å². The summed E-state index contributed by atoms with van der Waals surface area (Å²) in [6.07, 6.45) is 5.53. The van der Waals surface area contributed by atoms with Crippen molar-refractivity contribution in [1.82, 2.24) is 5.32 Å². The van der Waals surface area contributed by atoms with Gasteiger partial charge in [-0.2, -0.15) is 0 Å². The maximum absolute atomic E-state index is 9.02. The topological polar surface area (TPSA) is 35.5 Å². The second-order valence-electron chi connectivity index (χ2n) is 5.81. The molecule has 21 heavy (non-hydrogen) atoms. The number of hydrogen-bond acceptors (Lipinski definition) is 3. The smallest absolute Gasteiger partial charge is 0.0471 e. The summed E-state index contributed by atoms with van der Waals surface area (Å²) in [5, 5.41) is 13.3. The number of benzene rings is 1. The van der Waals surface area contributed by atoms with Crippen molar-refractivity contribution in [3.8, 4) is 0 Å². The maximum Gasteiger partial charge on any atom is 0.0471 e. The first kappa shape index (κ1) is 16.6. The molecule has 1 aromatic carbocycles. The molecule has 4 heteroatoms. The molecule has 1 aromatic rings. The van der Waals surface area contributed by atoms with Crippen LogP contribution in [0.15, 0.2) is 18.2 Å². The van der Waals surface area contributed by atoms with Crippen molar-refractivity contribution < 1.29 is 5.11 Å². The van der Waals surface area contributed by atoms with Crippen LogP contribution in [0.5, 0.6) is 0 Å². The first-order valence-electron chi connectivity index (χ1n) is 8.13. The standard InChI is InChI=1S/C17H27ClN2O/c1-2-9-19-13-14-7-8-16(12-17(14)18)20-10-3-5-15(20)6-4-11-21/h7-8,12,15,19,21H,2-6,9-11,13H2,1H3. The lowest BCUT2D eigenvalue weighted by Gasteiger charge is -2.27. The molecule has 1 atom stereocenters. The van der Waals surface area contributed by atoms with E-state index in [2.05, 4.69) is 35.3 Å². The molecule has 0 saturated carbocycles. The molecule has 118 valence electrons. The lowest BCUT2D eigenvalue weighted by atomic mass is 10.1. The van der Waals surface area contributed by atoms with Crippen LogP contribution in [-0.2, 0) is 6.54 Å². The number of hydrogen-bond donors (Lipinski definition) is 2. The summed E-state index contributed by atoms with van der Waals surface area (Å²) in [6.45, 7) is 5.40. The van der Waals surface area contributed by atoms with Crippen molar-refractivity contribution in [3.63, 3.8) is 0 Å². The summed E-state index contributed by atoms with van der Waals surface area (Å²) < 4.78 is 0. The summed E-state index contributed by atoms with van der Waals surface area (Å²) in [4.78, 5) is 2.45. The molecule has 0 aromatic heterocycles. The van der Waals surface area contributed by atoms with Gasteiger partial charge in [0.15, 0.2) is 0 Å². The number of aliphatic hydroxyl groups is 1. The minimum Gasteiger partial charge on any atom is -0.396 e. The highest BCUT2D eigenvalue weighted by Crippen LogP contribution is 2.31. The van der Waals surface area contributed by atoms with Crippen LogP contribution in [0.1, 0.15) is 44.6 Å². The van der Waals surface area contributed by atoms with Gasteiger partial charge in [0.25, 0.3) is 0 Å². The Hall–Kier alpha value is -0.770. The van der Waals surface area contributed by atoms with E-state index in [0.29, 0.717) is 6.04 Å². The normalized spacial score (nSPS) is 18.4. The summed E-state index contributed by atoms with van der Waals surface area (Å²) in [6, 6.07) is 6.98. The zero-order chi connectivity index (χ0) is 15.1. The van der Waals surface area contributed by atoms with E-state index in [4.69, 9.17) is 16.7 Å². The highest BCUT2D eigenvalue weighted by molar-refractivity contribution is 6.31. The second-order valence-corrected chi connectivity index (χ2v) is 6.21. The molecule has 2 rings (SSSR count). The van der Waals surface area contributed by atoms with E-state index in [1.807, 2.05) is 0 Å². The fourth-order valence-electron chi connectivity index (χ4n) is 3.06. The zero-order valence-electron chi connectivity index (χ0n) is 12.9. The molecule has 1 heterocycles. The van der Waals surface area contributed by atoms with Gasteiger partial charge in [-0.25, -0.2) is 0 Å². The first-order chi connectivity index (χ1) is 10.3. The van der Waals surface area contributed by atoms with Crippen molar-refractivity contribution >= 4 is 17.3 Å². The molecule has 3 nitrogen and oxygen atoms in total. The SMILES string of the molecule is CCCNCc1ccc(N2CCCC2CCCO)cc1Cl. The molecule has 1 unspecified atom stereocenters. The third-order valence-electron chi connectivity index (χ3n) is 4.18. The number of nitrogens with zero attached hydrogens (tertiary/aromatic N) is 1. The third kappa shape index (κ3) is 4.60. The average Bonchev–Trinajstić information content (AvgIpc) is 2.95. The Morgan fingerprint density at radius 3 is 3.00 bits per heavy atom. The molecule has 0 amide bonds. The fourth-order valence-corrected chi connectivity index (χ4v) is 3.30. The van der Waals surface area contributed by atoms with E-state index < -0.39 is 0 Å². The van der Waals surface area contributed by atoms with Crippen molar-refractivity contribution in [3.05, 3.63) is 28.8 Å². The van der Waals surface area contributed by atoms with Crippen LogP contribution in [0.3, 0.4) is 0 Å². The maximum atomic E-state index is 9.02. The van der Waals surface area contributed by atoms with Crippen LogP contribution in [0, 0.1) is 0 Å². The second kappa shape index (κ2) is 8.62. The molecular weight excluding hydrogens is 284 g/mol. The van der Waals surface area contributed by atoms with Crippen LogP contribution in [-0.4, -0.2) is 30.8 Å². The van der Waals surface area contributed by atoms with Crippen LogP contribution in [0.4, 0.5) is 5.69 Å². The number of nitrogens with one attached hydrogen (secondary N) is 1. The number of halogens is 1. The van der Waals surface area contributed by atoms with Gasteiger partial charge in [-0.1, -0.05) is 24.6 Å². The van der Waals surface area contributed by atoms with Gasteiger partial charge in [-0.3, -0.25) is 0 Å².